The van der Waals surface area contributed by atoms with Gasteiger partial charge in [0.05, 0.1) is 17.9 Å². The van der Waals surface area contributed by atoms with E-state index in [2.05, 4.69) is 56.9 Å². The molecule has 0 aliphatic carbocycles. The maximum Gasteiger partial charge on any atom is 0.225 e. The number of nitrogens with zero attached hydrogens (tertiary/aromatic N) is 3. The van der Waals surface area contributed by atoms with Crippen molar-refractivity contribution in [1.82, 2.24) is 15.0 Å². The van der Waals surface area contributed by atoms with Crippen molar-refractivity contribution in [1.29, 1.82) is 0 Å². The molecule has 0 saturated carbocycles. The first-order valence-electron chi connectivity index (χ1n) is 8.08. The highest BCUT2D eigenvalue weighted by Crippen LogP contribution is 2.21. The molecule has 0 unspecified atom stereocenters. The topological polar surface area (TPSA) is 62.7 Å². The van der Waals surface area contributed by atoms with Gasteiger partial charge in [-0.1, -0.05) is 19.1 Å². The lowest BCUT2D eigenvalue weighted by Gasteiger charge is -2.14. The minimum absolute atomic E-state index is 0.314. The second kappa shape index (κ2) is 7.88. The van der Waals surface area contributed by atoms with Gasteiger partial charge in [0.1, 0.15) is 5.82 Å². The smallest absolute Gasteiger partial charge is 0.225 e. The number of hydrogen-bond donors (Lipinski definition) is 2. The Morgan fingerprint density at radius 3 is 2.75 bits per heavy atom. The SMILES string of the molecule is CC[C@@H](C)Nc1nc(NCc2cccs2)cc(-c2ccccn2)n1. The fraction of sp³-hybridized carbons (Fsp3) is 0.278. The first-order chi connectivity index (χ1) is 11.7. The predicted octanol–water partition coefficient (Wildman–Crippen LogP) is 4.42. The average Bonchev–Trinajstić information content (AvgIpc) is 3.14. The normalized spacial score (nSPS) is 11.9. The number of nitrogens with one attached hydrogen (secondary N) is 2. The largest absolute Gasteiger partial charge is 0.365 e. The van der Waals surface area contributed by atoms with Crippen molar-refractivity contribution in [3.8, 4) is 11.4 Å². The molecule has 3 rings (SSSR count). The van der Waals surface area contributed by atoms with Crippen molar-refractivity contribution >= 4 is 23.1 Å². The Kier molecular flexibility index (Phi) is 5.38. The number of rotatable bonds is 7. The van der Waals surface area contributed by atoms with Crippen LogP contribution in [0.15, 0.2) is 48.0 Å². The van der Waals surface area contributed by atoms with Gasteiger partial charge in [-0.25, -0.2) is 4.98 Å². The fourth-order valence-corrected chi connectivity index (χ4v) is 2.81. The Morgan fingerprint density at radius 2 is 2.04 bits per heavy atom. The maximum atomic E-state index is 4.61. The lowest BCUT2D eigenvalue weighted by atomic mass is 10.2. The molecule has 24 heavy (non-hydrogen) atoms. The van der Waals surface area contributed by atoms with E-state index in [4.69, 9.17) is 0 Å². The van der Waals surface area contributed by atoms with E-state index in [0.29, 0.717) is 12.0 Å². The van der Waals surface area contributed by atoms with E-state index in [-0.39, 0.29) is 0 Å². The highest BCUT2D eigenvalue weighted by atomic mass is 32.1. The van der Waals surface area contributed by atoms with Crippen LogP contribution >= 0.6 is 11.3 Å². The second-order valence-corrected chi connectivity index (χ2v) is 6.60. The molecule has 0 aliphatic heterocycles. The lowest BCUT2D eigenvalue weighted by Crippen LogP contribution is -2.16. The van der Waals surface area contributed by atoms with Gasteiger partial charge in [-0.2, -0.15) is 4.98 Å². The Labute approximate surface area is 146 Å². The molecule has 3 heterocycles. The van der Waals surface area contributed by atoms with Crippen LogP contribution in [0.3, 0.4) is 0 Å². The third-order valence-corrected chi connectivity index (χ3v) is 4.54. The van der Waals surface area contributed by atoms with Gasteiger partial charge in [0.2, 0.25) is 5.95 Å². The summed E-state index contributed by atoms with van der Waals surface area (Å²) < 4.78 is 0. The number of aromatic nitrogens is 3. The molecule has 1 atom stereocenters. The number of hydrogen-bond acceptors (Lipinski definition) is 6. The van der Waals surface area contributed by atoms with E-state index < -0.39 is 0 Å². The van der Waals surface area contributed by atoms with Crippen LogP contribution in [0.4, 0.5) is 11.8 Å². The molecular weight excluding hydrogens is 318 g/mol. The minimum atomic E-state index is 0.314. The Balaban J connectivity index is 1.87. The predicted molar refractivity (Wildman–Crippen MR) is 100 cm³/mol. The Hall–Kier alpha value is -2.47. The van der Waals surface area contributed by atoms with Gasteiger partial charge < -0.3 is 10.6 Å². The molecule has 5 nitrogen and oxygen atoms in total. The van der Waals surface area contributed by atoms with E-state index in [1.807, 2.05) is 24.3 Å². The first kappa shape index (κ1) is 16.4. The molecule has 0 spiro atoms. The second-order valence-electron chi connectivity index (χ2n) is 5.56. The van der Waals surface area contributed by atoms with Gasteiger partial charge in [0.15, 0.2) is 0 Å². The van der Waals surface area contributed by atoms with E-state index in [0.717, 1.165) is 30.2 Å². The third kappa shape index (κ3) is 4.29. The van der Waals surface area contributed by atoms with Crippen LogP contribution in [-0.2, 0) is 6.54 Å². The molecular formula is C18H21N5S. The molecule has 0 saturated heterocycles. The quantitative estimate of drug-likeness (QED) is 0.667. The van der Waals surface area contributed by atoms with E-state index >= 15 is 0 Å². The van der Waals surface area contributed by atoms with Crippen LogP contribution in [0.5, 0.6) is 0 Å². The summed E-state index contributed by atoms with van der Waals surface area (Å²) in [5, 5.41) is 8.80. The zero-order valence-electron chi connectivity index (χ0n) is 13.9. The summed E-state index contributed by atoms with van der Waals surface area (Å²) in [5.41, 5.74) is 1.65. The van der Waals surface area contributed by atoms with Gasteiger partial charge in [0.25, 0.3) is 0 Å². The fourth-order valence-electron chi connectivity index (χ4n) is 2.16. The van der Waals surface area contributed by atoms with Gasteiger partial charge in [-0.3, -0.25) is 4.98 Å². The number of anilines is 2. The number of thiophene rings is 1. The molecule has 0 bridgehead atoms. The van der Waals surface area contributed by atoms with Crippen LogP contribution in [0.25, 0.3) is 11.4 Å². The van der Waals surface area contributed by atoms with E-state index in [1.54, 1.807) is 17.5 Å². The third-order valence-electron chi connectivity index (χ3n) is 3.67. The van der Waals surface area contributed by atoms with E-state index in [1.165, 1.54) is 4.88 Å². The summed E-state index contributed by atoms with van der Waals surface area (Å²) in [6, 6.07) is 12.2. The zero-order valence-corrected chi connectivity index (χ0v) is 14.7. The highest BCUT2D eigenvalue weighted by molar-refractivity contribution is 7.09. The van der Waals surface area contributed by atoms with Gasteiger partial charge in [0, 0.05) is 23.2 Å². The summed E-state index contributed by atoms with van der Waals surface area (Å²) in [4.78, 5) is 14.9. The standard InChI is InChI=1S/C18H21N5S/c1-3-13(2)21-18-22-16(15-8-4-5-9-19-15)11-17(23-18)20-12-14-7-6-10-24-14/h4-11,13H,3,12H2,1-2H3,(H2,20,21,22,23)/t13-/m1/s1. The summed E-state index contributed by atoms with van der Waals surface area (Å²) >= 11 is 1.73. The van der Waals surface area contributed by atoms with Crippen LogP contribution < -0.4 is 10.6 Å². The number of pyridine rings is 1. The highest BCUT2D eigenvalue weighted by Gasteiger charge is 2.09. The molecule has 3 aromatic rings. The van der Waals surface area contributed by atoms with Gasteiger partial charge in [-0.15, -0.1) is 11.3 Å². The van der Waals surface area contributed by atoms with Crippen molar-refractivity contribution < 1.29 is 0 Å². The molecule has 2 N–H and O–H groups in total. The summed E-state index contributed by atoms with van der Waals surface area (Å²) in [7, 11) is 0. The van der Waals surface area contributed by atoms with Crippen LogP contribution in [-0.4, -0.2) is 21.0 Å². The Bertz CT molecular complexity index is 758. The van der Waals surface area contributed by atoms with Crippen LogP contribution in [0.2, 0.25) is 0 Å². The monoisotopic (exact) mass is 339 g/mol. The summed E-state index contributed by atoms with van der Waals surface area (Å²) in [6.07, 6.45) is 2.78. The molecule has 0 radical (unpaired) electrons. The molecule has 0 aliphatic rings. The maximum absolute atomic E-state index is 4.61. The molecule has 0 aromatic carbocycles. The molecule has 124 valence electrons. The van der Waals surface area contributed by atoms with Gasteiger partial charge in [-0.05, 0) is 36.9 Å². The molecule has 0 fully saturated rings. The van der Waals surface area contributed by atoms with Crippen molar-refractivity contribution in [3.63, 3.8) is 0 Å². The summed E-state index contributed by atoms with van der Waals surface area (Å²) in [5.74, 6) is 1.42. The first-order valence-corrected chi connectivity index (χ1v) is 8.96. The van der Waals surface area contributed by atoms with Crippen molar-refractivity contribution in [3.05, 3.63) is 52.9 Å². The molecule has 3 aromatic heterocycles. The van der Waals surface area contributed by atoms with Crippen molar-refractivity contribution in [2.24, 2.45) is 0 Å². The van der Waals surface area contributed by atoms with Crippen molar-refractivity contribution in [2.45, 2.75) is 32.9 Å². The molecule has 0 amide bonds. The van der Waals surface area contributed by atoms with Crippen molar-refractivity contribution in [2.75, 3.05) is 10.6 Å². The summed E-state index contributed by atoms with van der Waals surface area (Å²) in [6.45, 7) is 5.00. The zero-order chi connectivity index (χ0) is 16.8. The average molecular weight is 339 g/mol. The minimum Gasteiger partial charge on any atom is -0.365 e. The Morgan fingerprint density at radius 1 is 1.12 bits per heavy atom. The van der Waals surface area contributed by atoms with E-state index in [9.17, 15) is 0 Å². The van der Waals surface area contributed by atoms with Crippen LogP contribution in [0.1, 0.15) is 25.1 Å². The van der Waals surface area contributed by atoms with Crippen LogP contribution in [0, 0.1) is 0 Å². The molecule has 6 heteroatoms. The van der Waals surface area contributed by atoms with Gasteiger partial charge >= 0.3 is 0 Å². The lowest BCUT2D eigenvalue weighted by molar-refractivity contribution is 0.753.